The van der Waals surface area contributed by atoms with Crippen LogP contribution in [0.4, 0.5) is 17.1 Å². The third-order valence-electron chi connectivity index (χ3n) is 5.02. The first-order valence-corrected chi connectivity index (χ1v) is 9.46. The van der Waals surface area contributed by atoms with Crippen molar-refractivity contribution in [3.05, 3.63) is 75.3 Å². The minimum atomic E-state index is -1.30. The zero-order chi connectivity index (χ0) is 22.1. The standard InChI is InChI=1S/C22H18N2O7/c25-17-7-5-12(8-18(17)26)2-1-3-13-4-6-16-19(9-13)31-20-11-14(24(29)30)10-15(22(27)28)21(20)23-16/h4-11,23,25-26H,1-3H2,(H,27,28). The molecule has 158 valence electrons. The number of ether oxygens (including phenoxy) is 1. The lowest BCUT2D eigenvalue weighted by Crippen LogP contribution is -2.10. The van der Waals surface area contributed by atoms with E-state index >= 15 is 0 Å². The second kappa shape index (κ2) is 7.86. The number of benzene rings is 3. The van der Waals surface area contributed by atoms with Crippen molar-refractivity contribution in [1.29, 1.82) is 0 Å². The number of aromatic carboxylic acids is 1. The van der Waals surface area contributed by atoms with Crippen molar-refractivity contribution in [3.8, 4) is 23.0 Å². The fourth-order valence-electron chi connectivity index (χ4n) is 3.47. The number of anilines is 2. The highest BCUT2D eigenvalue weighted by atomic mass is 16.6. The van der Waals surface area contributed by atoms with Crippen LogP contribution in [0.5, 0.6) is 23.0 Å². The number of rotatable bonds is 6. The maximum absolute atomic E-state index is 11.5. The number of nitrogens with zero attached hydrogens (tertiary/aromatic N) is 1. The van der Waals surface area contributed by atoms with Crippen LogP contribution >= 0.6 is 0 Å². The number of aryl methyl sites for hydroxylation is 2. The molecule has 0 radical (unpaired) electrons. The Kier molecular flexibility index (Phi) is 5.08. The number of hydrogen-bond donors (Lipinski definition) is 4. The van der Waals surface area contributed by atoms with Crippen LogP contribution in [0.25, 0.3) is 0 Å². The van der Waals surface area contributed by atoms with Crippen molar-refractivity contribution >= 4 is 23.0 Å². The number of phenolic OH excluding ortho intramolecular Hbond substituents is 2. The van der Waals surface area contributed by atoms with Gasteiger partial charge in [0, 0.05) is 6.07 Å². The van der Waals surface area contributed by atoms with Gasteiger partial charge in [0.25, 0.3) is 5.69 Å². The van der Waals surface area contributed by atoms with Crippen LogP contribution in [-0.2, 0) is 12.8 Å². The van der Waals surface area contributed by atoms with E-state index in [1.54, 1.807) is 18.2 Å². The summed E-state index contributed by atoms with van der Waals surface area (Å²) in [5.41, 5.74) is 2.00. The summed E-state index contributed by atoms with van der Waals surface area (Å²) in [7, 11) is 0. The maximum Gasteiger partial charge on any atom is 0.338 e. The first-order valence-electron chi connectivity index (χ1n) is 9.46. The van der Waals surface area contributed by atoms with Gasteiger partial charge in [0.1, 0.15) is 0 Å². The number of nitrogens with one attached hydrogen (secondary N) is 1. The molecule has 9 nitrogen and oxygen atoms in total. The van der Waals surface area contributed by atoms with Gasteiger partial charge in [-0.25, -0.2) is 4.79 Å². The SMILES string of the molecule is O=C(O)c1cc([N+](=O)[O-])cc2c1Nc1ccc(CCCc3ccc(O)c(O)c3)cc1O2. The lowest BCUT2D eigenvalue weighted by Gasteiger charge is -2.23. The number of carbonyl (C=O) groups is 1. The van der Waals surface area contributed by atoms with Crippen molar-refractivity contribution in [2.45, 2.75) is 19.3 Å². The first-order chi connectivity index (χ1) is 14.8. The van der Waals surface area contributed by atoms with Crippen LogP contribution in [0, 0.1) is 10.1 Å². The molecule has 0 saturated heterocycles. The van der Waals surface area contributed by atoms with E-state index in [4.69, 9.17) is 4.74 Å². The monoisotopic (exact) mass is 422 g/mol. The largest absolute Gasteiger partial charge is 0.504 e. The van der Waals surface area contributed by atoms with Gasteiger partial charge in [-0.3, -0.25) is 10.1 Å². The normalized spacial score (nSPS) is 11.6. The van der Waals surface area contributed by atoms with Gasteiger partial charge in [-0.2, -0.15) is 0 Å². The van der Waals surface area contributed by atoms with Crippen LogP contribution in [0.1, 0.15) is 27.9 Å². The Morgan fingerprint density at radius 1 is 0.968 bits per heavy atom. The number of phenols is 2. The number of non-ortho nitro benzene ring substituents is 1. The molecular weight excluding hydrogens is 404 g/mol. The molecule has 4 N–H and O–H groups in total. The molecule has 0 bridgehead atoms. The fraction of sp³-hybridized carbons (Fsp3) is 0.136. The predicted octanol–water partition coefficient (Wildman–Crippen LogP) is 4.73. The smallest absolute Gasteiger partial charge is 0.338 e. The highest BCUT2D eigenvalue weighted by Crippen LogP contribution is 2.45. The molecule has 0 atom stereocenters. The van der Waals surface area contributed by atoms with Crippen molar-refractivity contribution in [2.24, 2.45) is 0 Å². The van der Waals surface area contributed by atoms with Gasteiger partial charge >= 0.3 is 5.97 Å². The summed E-state index contributed by atoms with van der Waals surface area (Å²) in [6.07, 6.45) is 2.18. The molecule has 0 unspecified atom stereocenters. The summed E-state index contributed by atoms with van der Waals surface area (Å²) in [6.45, 7) is 0. The summed E-state index contributed by atoms with van der Waals surface area (Å²) in [5.74, 6) is -1.08. The van der Waals surface area contributed by atoms with Gasteiger partial charge in [-0.1, -0.05) is 12.1 Å². The lowest BCUT2D eigenvalue weighted by molar-refractivity contribution is -0.384. The van der Waals surface area contributed by atoms with Crippen molar-refractivity contribution < 1.29 is 29.8 Å². The summed E-state index contributed by atoms with van der Waals surface area (Å²) >= 11 is 0. The number of nitro groups is 1. The Bertz CT molecular complexity index is 1210. The van der Waals surface area contributed by atoms with Crippen LogP contribution in [0.15, 0.2) is 48.5 Å². The van der Waals surface area contributed by atoms with E-state index in [0.717, 1.165) is 23.6 Å². The number of fused-ring (bicyclic) bond motifs is 2. The van der Waals surface area contributed by atoms with E-state index < -0.39 is 10.9 Å². The molecule has 1 aliphatic rings. The zero-order valence-electron chi connectivity index (χ0n) is 16.2. The molecular formula is C22H18N2O7. The number of carboxylic acids is 1. The topological polar surface area (TPSA) is 142 Å². The van der Waals surface area contributed by atoms with Gasteiger partial charge in [0.15, 0.2) is 23.0 Å². The Morgan fingerprint density at radius 3 is 2.35 bits per heavy atom. The summed E-state index contributed by atoms with van der Waals surface area (Å²) in [4.78, 5) is 22.0. The second-order valence-corrected chi connectivity index (χ2v) is 7.16. The number of nitro benzene ring substituents is 1. The number of aromatic hydroxyl groups is 2. The minimum Gasteiger partial charge on any atom is -0.504 e. The van der Waals surface area contributed by atoms with Crippen LogP contribution in [0.3, 0.4) is 0 Å². The third-order valence-corrected chi connectivity index (χ3v) is 5.02. The Hall–Kier alpha value is -4.27. The third kappa shape index (κ3) is 4.06. The molecule has 31 heavy (non-hydrogen) atoms. The van der Waals surface area contributed by atoms with E-state index in [9.17, 15) is 30.2 Å². The molecule has 3 aromatic rings. The molecule has 3 aromatic carbocycles. The van der Waals surface area contributed by atoms with Gasteiger partial charge in [-0.05, 0) is 54.7 Å². The summed E-state index contributed by atoms with van der Waals surface area (Å²) < 4.78 is 5.80. The fourth-order valence-corrected chi connectivity index (χ4v) is 3.47. The van der Waals surface area contributed by atoms with Crippen molar-refractivity contribution in [1.82, 2.24) is 0 Å². The van der Waals surface area contributed by atoms with Gasteiger partial charge in [0.05, 0.1) is 27.9 Å². The first kappa shape index (κ1) is 20.0. The van der Waals surface area contributed by atoms with E-state index in [0.29, 0.717) is 24.3 Å². The molecule has 0 saturated carbocycles. The highest BCUT2D eigenvalue weighted by molar-refractivity contribution is 5.99. The van der Waals surface area contributed by atoms with Crippen LogP contribution in [-0.4, -0.2) is 26.2 Å². The molecule has 0 aromatic heterocycles. The Morgan fingerprint density at radius 2 is 1.68 bits per heavy atom. The second-order valence-electron chi connectivity index (χ2n) is 7.16. The van der Waals surface area contributed by atoms with Crippen LogP contribution in [0.2, 0.25) is 0 Å². The van der Waals surface area contributed by atoms with E-state index in [1.807, 2.05) is 6.07 Å². The molecule has 4 rings (SSSR count). The number of carboxylic acid groups (broad SMARTS) is 1. The average Bonchev–Trinajstić information content (AvgIpc) is 2.73. The highest BCUT2D eigenvalue weighted by Gasteiger charge is 2.26. The molecule has 0 spiro atoms. The Labute approximate surface area is 176 Å². The summed E-state index contributed by atoms with van der Waals surface area (Å²) in [6, 6.07) is 12.4. The van der Waals surface area contributed by atoms with Crippen LogP contribution < -0.4 is 10.1 Å². The molecule has 1 aliphatic heterocycles. The lowest BCUT2D eigenvalue weighted by atomic mass is 10.0. The number of hydrogen-bond acceptors (Lipinski definition) is 7. The molecule has 0 amide bonds. The quantitative estimate of drug-likeness (QED) is 0.198. The van der Waals surface area contributed by atoms with Gasteiger partial charge < -0.3 is 25.4 Å². The zero-order valence-corrected chi connectivity index (χ0v) is 16.2. The molecule has 0 fully saturated rings. The average molecular weight is 422 g/mol. The molecule has 0 aliphatic carbocycles. The van der Waals surface area contributed by atoms with Crippen molar-refractivity contribution in [3.63, 3.8) is 0 Å². The summed E-state index contributed by atoms with van der Waals surface area (Å²) in [5, 5.41) is 42.5. The molecule has 9 heteroatoms. The van der Waals surface area contributed by atoms with E-state index in [-0.39, 0.29) is 34.2 Å². The van der Waals surface area contributed by atoms with Gasteiger partial charge in [0.2, 0.25) is 0 Å². The van der Waals surface area contributed by atoms with Crippen molar-refractivity contribution in [2.75, 3.05) is 5.32 Å². The van der Waals surface area contributed by atoms with E-state index in [2.05, 4.69) is 5.32 Å². The Balaban J connectivity index is 1.52. The molecule has 1 heterocycles. The predicted molar refractivity (Wildman–Crippen MR) is 112 cm³/mol. The van der Waals surface area contributed by atoms with Gasteiger partial charge in [-0.15, -0.1) is 0 Å². The maximum atomic E-state index is 11.5. The minimum absolute atomic E-state index is 0.0795. The van der Waals surface area contributed by atoms with E-state index in [1.165, 1.54) is 18.2 Å².